The van der Waals surface area contributed by atoms with E-state index in [2.05, 4.69) is 4.98 Å². The summed E-state index contributed by atoms with van der Waals surface area (Å²) in [7, 11) is 0. The second-order valence-electron chi connectivity index (χ2n) is 7.62. The van der Waals surface area contributed by atoms with Gasteiger partial charge < -0.3 is 9.80 Å². The number of fused-ring (bicyclic) bond motifs is 1. The van der Waals surface area contributed by atoms with E-state index in [0.717, 1.165) is 16.9 Å². The van der Waals surface area contributed by atoms with Crippen molar-refractivity contribution >= 4 is 35.0 Å². The van der Waals surface area contributed by atoms with Crippen LogP contribution in [0.25, 0.3) is 0 Å². The third-order valence-electron chi connectivity index (χ3n) is 5.66. The fourth-order valence-electron chi connectivity index (χ4n) is 4.35. The van der Waals surface area contributed by atoms with Crippen molar-refractivity contribution in [1.29, 1.82) is 0 Å². The van der Waals surface area contributed by atoms with Crippen molar-refractivity contribution < 1.29 is 9.59 Å². The minimum atomic E-state index is -0.149. The van der Waals surface area contributed by atoms with Gasteiger partial charge in [-0.1, -0.05) is 36.4 Å². The Labute approximate surface area is 187 Å². The fourth-order valence-corrected chi connectivity index (χ4v) is 4.89. The Hall–Kier alpha value is -3.12. The number of pyridine rings is 1. The van der Waals surface area contributed by atoms with E-state index < -0.39 is 0 Å². The molecule has 0 bridgehead atoms. The van der Waals surface area contributed by atoms with Crippen molar-refractivity contribution in [1.82, 2.24) is 4.98 Å². The molecule has 0 radical (unpaired) electrons. The summed E-state index contributed by atoms with van der Waals surface area (Å²) in [5.41, 5.74) is 3.28. The van der Waals surface area contributed by atoms with E-state index in [1.807, 2.05) is 83.6 Å². The van der Waals surface area contributed by atoms with E-state index in [9.17, 15) is 9.59 Å². The summed E-state index contributed by atoms with van der Waals surface area (Å²) in [5.74, 6) is -0.0835. The molecule has 31 heavy (non-hydrogen) atoms. The van der Waals surface area contributed by atoms with Crippen LogP contribution in [0.3, 0.4) is 0 Å². The molecule has 1 aliphatic rings. The minimum Gasteiger partial charge on any atom is -0.305 e. The molecule has 2 amide bonds. The summed E-state index contributed by atoms with van der Waals surface area (Å²) < 4.78 is 0. The molecule has 6 heteroatoms. The molecule has 4 rings (SSSR count). The predicted octanol–water partition coefficient (Wildman–Crippen LogP) is 5.34. The van der Waals surface area contributed by atoms with Crippen LogP contribution in [0, 0.1) is 0 Å². The van der Waals surface area contributed by atoms with Crippen molar-refractivity contribution in [3.05, 3.63) is 84.1 Å². The third kappa shape index (κ3) is 3.95. The van der Waals surface area contributed by atoms with Gasteiger partial charge in [-0.3, -0.25) is 9.59 Å². The van der Waals surface area contributed by atoms with E-state index in [-0.39, 0.29) is 23.9 Å². The van der Waals surface area contributed by atoms with Crippen LogP contribution < -0.4 is 9.80 Å². The molecule has 0 spiro atoms. The van der Waals surface area contributed by atoms with E-state index in [1.165, 1.54) is 11.8 Å². The van der Waals surface area contributed by atoms with Crippen LogP contribution in [0.4, 0.5) is 11.4 Å². The molecule has 158 valence electrons. The monoisotopic (exact) mass is 431 g/mol. The number of para-hydroxylation sites is 2. The molecular formula is C25H25N3O2S. The van der Waals surface area contributed by atoms with Crippen LogP contribution in [-0.2, 0) is 4.79 Å². The van der Waals surface area contributed by atoms with Crippen LogP contribution in [0.5, 0.6) is 0 Å². The maximum absolute atomic E-state index is 13.6. The quantitative estimate of drug-likeness (QED) is 0.524. The van der Waals surface area contributed by atoms with Gasteiger partial charge in [0, 0.05) is 30.5 Å². The topological polar surface area (TPSA) is 53.5 Å². The Morgan fingerprint density at radius 3 is 2.45 bits per heavy atom. The zero-order chi connectivity index (χ0) is 22.0. The van der Waals surface area contributed by atoms with Gasteiger partial charge in [0.1, 0.15) is 5.03 Å². The van der Waals surface area contributed by atoms with E-state index >= 15 is 0 Å². The number of nitrogens with zero attached hydrogens (tertiary/aromatic N) is 3. The number of hydrogen-bond donors (Lipinski definition) is 0. The number of carbonyl (C=O) groups is 2. The molecule has 2 atom stereocenters. The number of carbonyl (C=O) groups excluding carboxylic acids is 2. The zero-order valence-corrected chi connectivity index (χ0v) is 18.7. The smallest absolute Gasteiger partial charge is 0.261 e. The lowest BCUT2D eigenvalue weighted by Gasteiger charge is -2.43. The molecule has 1 aliphatic heterocycles. The van der Waals surface area contributed by atoms with Crippen molar-refractivity contribution in [2.24, 2.45) is 0 Å². The van der Waals surface area contributed by atoms with Gasteiger partial charge in [-0.15, -0.1) is 11.8 Å². The number of hydrogen-bond acceptors (Lipinski definition) is 4. The maximum Gasteiger partial charge on any atom is 0.261 e. The van der Waals surface area contributed by atoms with Gasteiger partial charge in [0.05, 0.1) is 11.6 Å². The second kappa shape index (κ2) is 8.94. The first kappa shape index (κ1) is 21.1. The van der Waals surface area contributed by atoms with Crippen LogP contribution >= 0.6 is 11.8 Å². The Kier molecular flexibility index (Phi) is 6.09. The van der Waals surface area contributed by atoms with Crippen LogP contribution in [0.1, 0.15) is 42.2 Å². The zero-order valence-electron chi connectivity index (χ0n) is 17.9. The summed E-state index contributed by atoms with van der Waals surface area (Å²) in [6.45, 7) is 3.64. The molecule has 5 nitrogen and oxygen atoms in total. The predicted molar refractivity (Wildman–Crippen MR) is 126 cm³/mol. The van der Waals surface area contributed by atoms with E-state index in [4.69, 9.17) is 0 Å². The lowest BCUT2D eigenvalue weighted by Crippen LogP contribution is -2.47. The first-order valence-electron chi connectivity index (χ1n) is 10.3. The summed E-state index contributed by atoms with van der Waals surface area (Å²) in [6, 6.07) is 21.0. The number of benzene rings is 2. The molecule has 0 saturated carbocycles. The van der Waals surface area contributed by atoms with Crippen LogP contribution in [-0.4, -0.2) is 29.1 Å². The molecule has 2 unspecified atom stereocenters. The Morgan fingerprint density at radius 1 is 1.03 bits per heavy atom. The molecule has 1 aromatic heterocycles. The largest absolute Gasteiger partial charge is 0.305 e. The number of rotatable bonds is 4. The molecular weight excluding hydrogens is 406 g/mol. The molecule has 2 aromatic carbocycles. The number of amides is 2. The standard InChI is InChI=1S/C25H25N3O2S/c1-17-16-23(28(18(2)29)19-10-5-4-6-11-19)20-12-7-8-14-22(20)27(17)25(30)21-13-9-15-26-24(21)31-3/h4-15,17,23H,16H2,1-3H3. The van der Waals surface area contributed by atoms with Crippen molar-refractivity contribution in [2.75, 3.05) is 16.1 Å². The van der Waals surface area contributed by atoms with Crippen molar-refractivity contribution in [3.8, 4) is 0 Å². The van der Waals surface area contributed by atoms with Gasteiger partial charge in [-0.05, 0) is 55.5 Å². The second-order valence-corrected chi connectivity index (χ2v) is 8.41. The third-order valence-corrected chi connectivity index (χ3v) is 6.37. The molecule has 3 aromatic rings. The van der Waals surface area contributed by atoms with Gasteiger partial charge in [-0.2, -0.15) is 0 Å². The highest BCUT2D eigenvalue weighted by atomic mass is 32.2. The van der Waals surface area contributed by atoms with Gasteiger partial charge in [0.15, 0.2) is 0 Å². The maximum atomic E-state index is 13.6. The van der Waals surface area contributed by atoms with Crippen molar-refractivity contribution in [2.45, 2.75) is 37.4 Å². The Morgan fingerprint density at radius 2 is 1.74 bits per heavy atom. The molecule has 0 saturated heterocycles. The Balaban J connectivity index is 1.80. The summed E-state index contributed by atoms with van der Waals surface area (Å²) >= 11 is 1.47. The lowest BCUT2D eigenvalue weighted by molar-refractivity contribution is -0.117. The lowest BCUT2D eigenvalue weighted by atomic mass is 9.89. The normalized spacial score (nSPS) is 17.7. The van der Waals surface area contributed by atoms with Gasteiger partial charge in [0.2, 0.25) is 5.91 Å². The Bertz CT molecular complexity index is 1100. The summed E-state index contributed by atoms with van der Waals surface area (Å²) in [6.07, 6.45) is 4.27. The SMILES string of the molecule is CSc1ncccc1C(=O)N1c2ccccc2C(N(C(C)=O)c2ccccc2)CC1C. The average molecular weight is 432 g/mol. The number of thioether (sulfide) groups is 1. The molecule has 0 fully saturated rings. The van der Waals surface area contributed by atoms with Crippen molar-refractivity contribution in [3.63, 3.8) is 0 Å². The highest BCUT2D eigenvalue weighted by molar-refractivity contribution is 7.98. The highest BCUT2D eigenvalue weighted by Crippen LogP contribution is 2.43. The number of anilines is 2. The summed E-state index contributed by atoms with van der Waals surface area (Å²) in [5, 5.41) is 0.717. The van der Waals surface area contributed by atoms with E-state index in [1.54, 1.807) is 19.2 Å². The fraction of sp³-hybridized carbons (Fsp3) is 0.240. The first-order chi connectivity index (χ1) is 15.0. The van der Waals surface area contributed by atoms with Crippen LogP contribution in [0.15, 0.2) is 78.0 Å². The average Bonchev–Trinajstić information content (AvgIpc) is 2.79. The molecule has 0 N–H and O–H groups in total. The van der Waals surface area contributed by atoms with Gasteiger partial charge in [0.25, 0.3) is 5.91 Å². The first-order valence-corrected chi connectivity index (χ1v) is 11.5. The van der Waals surface area contributed by atoms with Crippen LogP contribution in [0.2, 0.25) is 0 Å². The van der Waals surface area contributed by atoms with E-state index in [0.29, 0.717) is 17.0 Å². The van der Waals surface area contributed by atoms with Gasteiger partial charge in [-0.25, -0.2) is 4.98 Å². The highest BCUT2D eigenvalue weighted by Gasteiger charge is 2.38. The molecule has 2 heterocycles. The molecule has 0 aliphatic carbocycles. The number of aromatic nitrogens is 1. The summed E-state index contributed by atoms with van der Waals surface area (Å²) in [4.78, 5) is 34.4. The minimum absolute atomic E-state index is 0.0186. The van der Waals surface area contributed by atoms with Gasteiger partial charge >= 0.3 is 0 Å².